The van der Waals surface area contributed by atoms with Crippen LogP contribution in [0.1, 0.15) is 0 Å². The number of rotatable bonds is 6. The maximum atomic E-state index is 10.9. The van der Waals surface area contributed by atoms with Crippen molar-refractivity contribution < 1.29 is 4.92 Å². The molecule has 0 bridgehead atoms. The Morgan fingerprint density at radius 2 is 2.40 bits per heavy atom. The van der Waals surface area contributed by atoms with Crippen molar-refractivity contribution >= 4 is 28.8 Å². The van der Waals surface area contributed by atoms with Crippen molar-refractivity contribution in [2.45, 2.75) is 4.90 Å². The third-order valence-electron chi connectivity index (χ3n) is 3.16. The van der Waals surface area contributed by atoms with E-state index in [-0.39, 0.29) is 11.4 Å². The summed E-state index contributed by atoms with van der Waals surface area (Å²) in [7, 11) is 0. The summed E-state index contributed by atoms with van der Waals surface area (Å²) in [6.07, 6.45) is 1.92. The van der Waals surface area contributed by atoms with Crippen molar-refractivity contribution in [2.75, 3.05) is 50.2 Å². The van der Waals surface area contributed by atoms with Crippen LogP contribution in [0.3, 0.4) is 0 Å². The minimum Gasteiger partial charge on any atom is -0.649 e. The fourth-order valence-electron chi connectivity index (χ4n) is 2.08. The zero-order valence-electron chi connectivity index (χ0n) is 11.3. The van der Waals surface area contributed by atoms with Gasteiger partial charge in [-0.1, -0.05) is 6.67 Å². The molecule has 0 radical (unpaired) electrons. The Hall–Kier alpha value is -1.51. The molecule has 1 aromatic rings. The van der Waals surface area contributed by atoms with Gasteiger partial charge in [-0.3, -0.25) is 10.1 Å². The molecule has 1 saturated heterocycles. The minimum absolute atomic E-state index is 0.0542. The molecule has 0 saturated carbocycles. The van der Waals surface area contributed by atoms with Crippen LogP contribution >= 0.6 is 11.8 Å². The topological polar surface area (TPSA) is 98.5 Å². The van der Waals surface area contributed by atoms with Gasteiger partial charge in [-0.2, -0.15) is 0 Å². The van der Waals surface area contributed by atoms with Crippen LogP contribution in [0, 0.1) is 10.1 Å². The third-order valence-corrected chi connectivity index (χ3v) is 3.94. The van der Waals surface area contributed by atoms with E-state index in [1.54, 1.807) is 6.07 Å². The smallest absolute Gasteiger partial charge is 0.294 e. The van der Waals surface area contributed by atoms with Gasteiger partial charge in [-0.05, 0) is 18.9 Å². The van der Waals surface area contributed by atoms with Crippen LogP contribution in [0.5, 0.6) is 0 Å². The highest BCUT2D eigenvalue weighted by Gasteiger charge is 2.15. The number of thioether (sulfide) groups is 1. The van der Waals surface area contributed by atoms with Crippen molar-refractivity contribution in [3.05, 3.63) is 27.6 Å². The summed E-state index contributed by atoms with van der Waals surface area (Å²) in [5.41, 5.74) is 6.59. The molecular weight excluding hydrogens is 278 g/mol. The molecule has 1 aliphatic heterocycles. The number of hydrogen-bond acceptors (Lipinski definition) is 6. The van der Waals surface area contributed by atoms with Crippen LogP contribution in [0.15, 0.2) is 17.0 Å². The quantitative estimate of drug-likeness (QED) is 0.360. The van der Waals surface area contributed by atoms with E-state index in [1.807, 2.05) is 6.26 Å². The first-order chi connectivity index (χ1) is 9.61. The number of nitrogens with zero attached hydrogens (tertiary/aromatic N) is 3. The first kappa shape index (κ1) is 14.9. The summed E-state index contributed by atoms with van der Waals surface area (Å²) in [5, 5.41) is 18.4. The van der Waals surface area contributed by atoms with Gasteiger partial charge in [0.25, 0.3) is 5.69 Å². The van der Waals surface area contributed by atoms with Gasteiger partial charge in [0.2, 0.25) is 0 Å². The number of nitrogen functional groups attached to an aromatic ring is 1. The normalized spacial score (nSPS) is 15.4. The maximum Gasteiger partial charge on any atom is 0.294 e. The molecule has 3 N–H and O–H groups in total. The van der Waals surface area contributed by atoms with Gasteiger partial charge in [-0.15, -0.1) is 18.3 Å². The second kappa shape index (κ2) is 6.78. The number of hydrogen-bond donors (Lipinski definition) is 2. The summed E-state index contributed by atoms with van der Waals surface area (Å²) >= 11 is 1.52. The first-order valence-corrected chi connectivity index (χ1v) is 7.55. The fourth-order valence-corrected chi connectivity index (χ4v) is 2.67. The highest BCUT2D eigenvalue weighted by atomic mass is 32.2. The van der Waals surface area contributed by atoms with Crippen LogP contribution in [-0.4, -0.2) is 48.9 Å². The third kappa shape index (κ3) is 3.53. The number of nitrogens with one attached hydrogen (secondary N) is 1. The molecular formula is C12H18N5O2S-. The van der Waals surface area contributed by atoms with Crippen LogP contribution in [0.25, 0.3) is 5.32 Å². The standard InChI is InChI=1S/C12H18N5O2S/c1-20-12-6-9(13)11(17(18)19)7-10(12)15-3-5-16-4-2-14-8-16/h6-7,15H,2-5,8,13H2,1H3/q-1. The number of nitro benzene ring substituents is 1. The summed E-state index contributed by atoms with van der Waals surface area (Å²) in [6.45, 7) is 4.25. The molecule has 0 amide bonds. The molecule has 0 aliphatic carbocycles. The van der Waals surface area contributed by atoms with Crippen LogP contribution in [-0.2, 0) is 0 Å². The predicted molar refractivity (Wildman–Crippen MR) is 82.4 cm³/mol. The van der Waals surface area contributed by atoms with Crippen LogP contribution in [0.4, 0.5) is 17.1 Å². The molecule has 1 aliphatic rings. The lowest BCUT2D eigenvalue weighted by atomic mass is 10.2. The Morgan fingerprint density at radius 1 is 1.60 bits per heavy atom. The lowest BCUT2D eigenvalue weighted by Crippen LogP contribution is -2.26. The molecule has 0 spiro atoms. The van der Waals surface area contributed by atoms with Crippen molar-refractivity contribution in [1.82, 2.24) is 4.90 Å². The van der Waals surface area contributed by atoms with Crippen molar-refractivity contribution in [2.24, 2.45) is 0 Å². The Bertz CT molecular complexity index is 491. The molecule has 2 rings (SSSR count). The number of nitrogens with two attached hydrogens (primary N) is 1. The zero-order chi connectivity index (χ0) is 14.5. The van der Waals surface area contributed by atoms with Crippen molar-refractivity contribution in [3.63, 3.8) is 0 Å². The molecule has 8 heteroatoms. The van der Waals surface area contributed by atoms with Gasteiger partial charge >= 0.3 is 0 Å². The zero-order valence-corrected chi connectivity index (χ0v) is 12.2. The van der Waals surface area contributed by atoms with E-state index in [0.29, 0.717) is 0 Å². The highest BCUT2D eigenvalue weighted by molar-refractivity contribution is 7.98. The molecule has 110 valence electrons. The van der Waals surface area contributed by atoms with E-state index in [2.05, 4.69) is 15.5 Å². The summed E-state index contributed by atoms with van der Waals surface area (Å²) in [4.78, 5) is 13.6. The van der Waals surface area contributed by atoms with Gasteiger partial charge in [0.05, 0.1) is 10.6 Å². The lowest BCUT2D eigenvalue weighted by Gasteiger charge is -2.19. The average Bonchev–Trinajstić information content (AvgIpc) is 2.92. The summed E-state index contributed by atoms with van der Waals surface area (Å²) in [5.74, 6) is 0. The minimum atomic E-state index is -0.454. The SMILES string of the molecule is CSc1cc(N)c([N+](=O)[O-])cc1NCCN1CC[N-]C1. The van der Waals surface area contributed by atoms with Crippen LogP contribution in [0.2, 0.25) is 0 Å². The summed E-state index contributed by atoms with van der Waals surface area (Å²) < 4.78 is 0. The second-order valence-electron chi connectivity index (χ2n) is 4.50. The van der Waals surface area contributed by atoms with Crippen molar-refractivity contribution in [1.29, 1.82) is 0 Å². The number of benzene rings is 1. The molecule has 1 heterocycles. The van der Waals surface area contributed by atoms with Crippen LogP contribution < -0.4 is 11.1 Å². The number of anilines is 2. The van der Waals surface area contributed by atoms with E-state index in [1.165, 1.54) is 17.8 Å². The predicted octanol–water partition coefficient (Wildman–Crippen LogP) is 1.96. The van der Waals surface area contributed by atoms with E-state index in [4.69, 9.17) is 5.73 Å². The Morgan fingerprint density at radius 3 is 3.00 bits per heavy atom. The molecule has 0 aromatic heterocycles. The molecule has 0 unspecified atom stereocenters. The summed E-state index contributed by atoms with van der Waals surface area (Å²) in [6, 6.07) is 3.16. The van der Waals surface area contributed by atoms with Gasteiger partial charge < -0.3 is 21.3 Å². The Kier molecular flexibility index (Phi) is 5.05. The van der Waals surface area contributed by atoms with E-state index in [9.17, 15) is 10.1 Å². The molecule has 1 fully saturated rings. The average molecular weight is 296 g/mol. The van der Waals surface area contributed by atoms with Gasteiger partial charge in [0, 0.05) is 24.1 Å². The van der Waals surface area contributed by atoms with Crippen molar-refractivity contribution in [3.8, 4) is 0 Å². The molecule has 20 heavy (non-hydrogen) atoms. The van der Waals surface area contributed by atoms with Gasteiger partial charge in [0.15, 0.2) is 0 Å². The fraction of sp³-hybridized carbons (Fsp3) is 0.500. The second-order valence-corrected chi connectivity index (χ2v) is 5.35. The largest absolute Gasteiger partial charge is 0.649 e. The number of nitro groups is 1. The van der Waals surface area contributed by atoms with E-state index < -0.39 is 4.92 Å². The Balaban J connectivity index is 2.04. The van der Waals surface area contributed by atoms with Gasteiger partial charge in [0.1, 0.15) is 5.69 Å². The Labute approximate surface area is 122 Å². The van der Waals surface area contributed by atoms with E-state index >= 15 is 0 Å². The van der Waals surface area contributed by atoms with Gasteiger partial charge in [-0.25, -0.2) is 0 Å². The maximum absolute atomic E-state index is 10.9. The first-order valence-electron chi connectivity index (χ1n) is 6.33. The molecule has 1 aromatic carbocycles. The molecule has 0 atom stereocenters. The monoisotopic (exact) mass is 296 g/mol. The molecule has 7 nitrogen and oxygen atoms in total. The lowest BCUT2D eigenvalue weighted by molar-refractivity contribution is -0.383. The highest BCUT2D eigenvalue weighted by Crippen LogP contribution is 2.34. The van der Waals surface area contributed by atoms with E-state index in [0.717, 1.165) is 43.4 Å².